The number of nitrogens with zero attached hydrogens (tertiary/aromatic N) is 2. The van der Waals surface area contributed by atoms with Gasteiger partial charge in [-0.25, -0.2) is 14.4 Å². The van der Waals surface area contributed by atoms with Crippen LogP contribution < -0.4 is 26.8 Å². The average molecular weight is 376 g/mol. The van der Waals surface area contributed by atoms with Gasteiger partial charge in [0.1, 0.15) is 5.82 Å². The van der Waals surface area contributed by atoms with Gasteiger partial charge < -0.3 is 31.6 Å². The van der Waals surface area contributed by atoms with Crippen LogP contribution in [0.15, 0.2) is 24.4 Å². The maximum absolute atomic E-state index is 14.5. The molecule has 3 rings (SSSR count). The molecule has 3 heterocycles. The Labute approximate surface area is 155 Å². The number of carbonyl (C=O) groups excluding carboxylic acids is 1. The molecular formula is C17H21FN6O3. The molecule has 9 nitrogen and oxygen atoms in total. The lowest BCUT2D eigenvalue weighted by atomic mass is 10.0. The van der Waals surface area contributed by atoms with Crippen LogP contribution in [0.5, 0.6) is 5.88 Å². The highest BCUT2D eigenvalue weighted by molar-refractivity contribution is 5.98. The predicted molar refractivity (Wildman–Crippen MR) is 97.6 cm³/mol. The molecule has 144 valence electrons. The van der Waals surface area contributed by atoms with Crippen LogP contribution in [-0.4, -0.2) is 48.3 Å². The van der Waals surface area contributed by atoms with Crippen molar-refractivity contribution in [2.24, 2.45) is 11.5 Å². The van der Waals surface area contributed by atoms with E-state index in [-0.39, 0.29) is 29.3 Å². The van der Waals surface area contributed by atoms with E-state index in [1.54, 1.807) is 12.1 Å². The molecule has 2 aromatic rings. The number of rotatable bonds is 6. The number of hydrogen-bond acceptors (Lipinski definition) is 8. The second-order valence-electron chi connectivity index (χ2n) is 6.07. The number of ether oxygens (including phenoxy) is 2. The largest absolute Gasteiger partial charge is 0.481 e. The lowest BCUT2D eigenvalue weighted by molar-refractivity contribution is 0.0751. The molecule has 0 bridgehead atoms. The van der Waals surface area contributed by atoms with Gasteiger partial charge in [0.05, 0.1) is 19.3 Å². The normalized spacial score (nSPS) is 19.4. The van der Waals surface area contributed by atoms with Crippen molar-refractivity contribution in [2.45, 2.75) is 18.5 Å². The number of anilines is 3. The van der Waals surface area contributed by atoms with Crippen molar-refractivity contribution in [2.75, 3.05) is 31.0 Å². The van der Waals surface area contributed by atoms with E-state index in [1.165, 1.54) is 13.3 Å². The molecule has 1 aliphatic heterocycles. The zero-order chi connectivity index (χ0) is 19.4. The van der Waals surface area contributed by atoms with Crippen molar-refractivity contribution in [3.8, 4) is 5.88 Å². The first-order valence-electron chi connectivity index (χ1n) is 8.35. The number of pyridine rings is 2. The van der Waals surface area contributed by atoms with E-state index < -0.39 is 11.7 Å². The highest BCUT2D eigenvalue weighted by Crippen LogP contribution is 2.26. The summed E-state index contributed by atoms with van der Waals surface area (Å²) in [6.07, 6.45) is 2.14. The molecule has 0 aromatic carbocycles. The second kappa shape index (κ2) is 8.14. The minimum atomic E-state index is -0.806. The predicted octanol–water partition coefficient (Wildman–Crippen LogP) is 0.995. The van der Waals surface area contributed by atoms with Crippen molar-refractivity contribution in [3.05, 3.63) is 35.8 Å². The van der Waals surface area contributed by atoms with Gasteiger partial charge in [-0.2, -0.15) is 0 Å². The van der Waals surface area contributed by atoms with Gasteiger partial charge in [-0.15, -0.1) is 0 Å². The lowest BCUT2D eigenvalue weighted by Crippen LogP contribution is -2.47. The Morgan fingerprint density at radius 3 is 2.93 bits per heavy atom. The Morgan fingerprint density at radius 2 is 2.22 bits per heavy atom. The quantitative estimate of drug-likeness (QED) is 0.586. The van der Waals surface area contributed by atoms with E-state index in [9.17, 15) is 9.18 Å². The summed E-state index contributed by atoms with van der Waals surface area (Å²) >= 11 is 0. The summed E-state index contributed by atoms with van der Waals surface area (Å²) in [6, 6.07) is 3.81. The third-order valence-corrected chi connectivity index (χ3v) is 4.17. The van der Waals surface area contributed by atoms with E-state index in [0.29, 0.717) is 31.2 Å². The maximum Gasteiger partial charge on any atom is 0.252 e. The summed E-state index contributed by atoms with van der Waals surface area (Å²) in [5, 5.41) is 5.94. The van der Waals surface area contributed by atoms with Crippen LogP contribution in [0.2, 0.25) is 0 Å². The molecule has 1 unspecified atom stereocenters. The monoisotopic (exact) mass is 376 g/mol. The van der Waals surface area contributed by atoms with Crippen LogP contribution in [-0.2, 0) is 4.74 Å². The minimum Gasteiger partial charge on any atom is -0.481 e. The van der Waals surface area contributed by atoms with E-state index in [1.807, 2.05) is 0 Å². The molecule has 2 aromatic heterocycles. The molecule has 6 N–H and O–H groups in total. The summed E-state index contributed by atoms with van der Waals surface area (Å²) in [5.74, 6) is -1.04. The topological polar surface area (TPSA) is 137 Å². The molecule has 10 heteroatoms. The number of nitrogens with two attached hydrogens (primary N) is 2. The highest BCUT2D eigenvalue weighted by atomic mass is 19.1. The van der Waals surface area contributed by atoms with E-state index in [2.05, 4.69) is 20.6 Å². The lowest BCUT2D eigenvalue weighted by Gasteiger charge is -2.30. The molecule has 0 spiro atoms. The summed E-state index contributed by atoms with van der Waals surface area (Å²) in [4.78, 5) is 19.9. The number of amides is 1. The van der Waals surface area contributed by atoms with Gasteiger partial charge in [0.15, 0.2) is 11.6 Å². The maximum atomic E-state index is 14.5. The molecule has 27 heavy (non-hydrogen) atoms. The number of nitrogens with one attached hydrogen (secondary N) is 2. The van der Waals surface area contributed by atoms with Crippen molar-refractivity contribution >= 4 is 23.2 Å². The Hall–Kier alpha value is -2.98. The Balaban J connectivity index is 1.91. The van der Waals surface area contributed by atoms with Crippen LogP contribution in [0.4, 0.5) is 21.7 Å². The SMILES string of the molecule is COc1cc(Nc2nc(N[C@@H]3CCOCC3N)c(F)cc2C(N)=O)ccn1. The fourth-order valence-corrected chi connectivity index (χ4v) is 2.72. The standard InChI is InChI=1S/C17H21FN6O3/c1-26-14-6-9(2-4-21-14)22-16-10(15(20)25)7-11(18)17(24-16)23-13-3-5-27-8-12(13)19/h2,4,6-7,12-13H,3,5,8,19H2,1H3,(H2,20,25)(H2,21,22,23,24)/t12?,13-/m1/s1. The van der Waals surface area contributed by atoms with Crippen LogP contribution in [0.25, 0.3) is 0 Å². The fourth-order valence-electron chi connectivity index (χ4n) is 2.72. The van der Waals surface area contributed by atoms with Crippen molar-refractivity contribution in [1.29, 1.82) is 0 Å². The van der Waals surface area contributed by atoms with E-state index in [0.717, 1.165) is 6.07 Å². The van der Waals surface area contributed by atoms with Gasteiger partial charge >= 0.3 is 0 Å². The van der Waals surface area contributed by atoms with Crippen molar-refractivity contribution < 1.29 is 18.7 Å². The Kier molecular flexibility index (Phi) is 5.67. The molecule has 1 saturated heterocycles. The molecule has 1 aliphatic rings. The molecule has 1 fully saturated rings. The van der Waals surface area contributed by atoms with Crippen LogP contribution in [0.3, 0.4) is 0 Å². The van der Waals surface area contributed by atoms with Gasteiger partial charge in [-0.1, -0.05) is 0 Å². The van der Waals surface area contributed by atoms with E-state index in [4.69, 9.17) is 20.9 Å². The third-order valence-electron chi connectivity index (χ3n) is 4.17. The zero-order valence-electron chi connectivity index (χ0n) is 14.7. The Morgan fingerprint density at radius 1 is 1.41 bits per heavy atom. The average Bonchev–Trinajstić information content (AvgIpc) is 2.66. The molecule has 1 amide bonds. The zero-order valence-corrected chi connectivity index (χ0v) is 14.7. The molecule has 0 radical (unpaired) electrons. The number of aromatic nitrogens is 2. The van der Waals surface area contributed by atoms with Gasteiger partial charge in [0.25, 0.3) is 5.91 Å². The van der Waals surface area contributed by atoms with Gasteiger partial charge in [-0.05, 0) is 18.6 Å². The van der Waals surface area contributed by atoms with Crippen molar-refractivity contribution in [3.63, 3.8) is 0 Å². The van der Waals surface area contributed by atoms with Gasteiger partial charge in [0.2, 0.25) is 5.88 Å². The second-order valence-corrected chi connectivity index (χ2v) is 6.07. The number of primary amides is 1. The van der Waals surface area contributed by atoms with Gasteiger partial charge in [0, 0.05) is 36.6 Å². The van der Waals surface area contributed by atoms with Crippen LogP contribution in [0, 0.1) is 5.82 Å². The Bertz CT molecular complexity index is 834. The summed E-state index contributed by atoms with van der Waals surface area (Å²) in [5.41, 5.74) is 11.8. The highest BCUT2D eigenvalue weighted by Gasteiger charge is 2.25. The summed E-state index contributed by atoms with van der Waals surface area (Å²) in [7, 11) is 1.48. The smallest absolute Gasteiger partial charge is 0.252 e. The summed E-state index contributed by atoms with van der Waals surface area (Å²) in [6.45, 7) is 0.898. The van der Waals surface area contributed by atoms with Crippen LogP contribution >= 0.6 is 0 Å². The van der Waals surface area contributed by atoms with Crippen molar-refractivity contribution in [1.82, 2.24) is 9.97 Å². The molecule has 2 atom stereocenters. The number of halogens is 1. The number of methoxy groups -OCH3 is 1. The first kappa shape index (κ1) is 18.8. The first-order chi connectivity index (χ1) is 13.0. The number of carbonyl (C=O) groups is 1. The van der Waals surface area contributed by atoms with E-state index >= 15 is 0 Å². The molecule has 0 aliphatic carbocycles. The summed E-state index contributed by atoms with van der Waals surface area (Å²) < 4.78 is 24.8. The minimum absolute atomic E-state index is 0.0223. The van der Waals surface area contributed by atoms with Gasteiger partial charge in [-0.3, -0.25) is 4.79 Å². The molecule has 0 saturated carbocycles. The number of hydrogen-bond donors (Lipinski definition) is 4. The first-order valence-corrected chi connectivity index (χ1v) is 8.35. The fraction of sp³-hybridized carbons (Fsp3) is 0.353. The van der Waals surface area contributed by atoms with Crippen LogP contribution in [0.1, 0.15) is 16.8 Å². The molecular weight excluding hydrogens is 355 g/mol. The third kappa shape index (κ3) is 4.41.